The number of sulfonamides is 1. The van der Waals surface area contributed by atoms with Gasteiger partial charge in [0.15, 0.2) is 0 Å². The maximum atomic E-state index is 11.9. The van der Waals surface area contributed by atoms with Crippen molar-refractivity contribution in [3.05, 3.63) is 29.8 Å². The van der Waals surface area contributed by atoms with Gasteiger partial charge in [-0.15, -0.1) is 0 Å². The Morgan fingerprint density at radius 1 is 1.32 bits per heavy atom. The molecule has 0 aliphatic rings. The number of nitrogens with two attached hydrogens (primary N) is 1. The molecule has 0 aliphatic carbocycles. The van der Waals surface area contributed by atoms with E-state index in [1.165, 1.54) is 18.5 Å². The number of nitrogen functional groups attached to an aromatic ring is 1. The van der Waals surface area contributed by atoms with Crippen molar-refractivity contribution in [2.24, 2.45) is 0 Å². The highest BCUT2D eigenvalue weighted by molar-refractivity contribution is 7.89. The molecule has 1 aromatic rings. The van der Waals surface area contributed by atoms with Gasteiger partial charge in [0.25, 0.3) is 0 Å². The van der Waals surface area contributed by atoms with Crippen LogP contribution in [0.1, 0.15) is 12.0 Å². The summed E-state index contributed by atoms with van der Waals surface area (Å²) in [4.78, 5) is 11.0. The van der Waals surface area contributed by atoms with Gasteiger partial charge in [-0.3, -0.25) is 4.79 Å². The lowest BCUT2D eigenvalue weighted by molar-refractivity contribution is -0.140. The van der Waals surface area contributed by atoms with Gasteiger partial charge in [0.1, 0.15) is 0 Å². The summed E-state index contributed by atoms with van der Waals surface area (Å²) in [5.74, 6) is -0.796. The molecule has 0 aliphatic heterocycles. The molecule has 0 amide bonds. The average Bonchev–Trinajstić information content (AvgIpc) is 2.38. The number of carbonyl (C=O) groups is 1. The average molecular weight is 286 g/mol. The predicted octanol–water partition coefficient (Wildman–Crippen LogP) is 0.594. The van der Waals surface area contributed by atoms with Crippen molar-refractivity contribution in [3.63, 3.8) is 0 Å². The molecule has 0 radical (unpaired) electrons. The Bertz CT molecular complexity index is 525. The molecule has 1 aromatic carbocycles. The summed E-state index contributed by atoms with van der Waals surface area (Å²) in [6.07, 6.45) is -0.148. The standard InChI is InChI=1S/C12H18N2O4S/c1-14(9-10-3-5-11(13)6-4-10)19(16,17)8-7-12(15)18-2/h3-6H,7-9,13H2,1-2H3. The van der Waals surface area contributed by atoms with Crippen molar-refractivity contribution in [1.82, 2.24) is 4.31 Å². The third kappa shape index (κ3) is 4.88. The zero-order chi connectivity index (χ0) is 14.5. The molecular weight excluding hydrogens is 268 g/mol. The van der Waals surface area contributed by atoms with Crippen LogP contribution in [-0.2, 0) is 26.1 Å². The summed E-state index contributed by atoms with van der Waals surface area (Å²) in [7, 11) is -0.768. The summed E-state index contributed by atoms with van der Waals surface area (Å²) in [6, 6.07) is 6.96. The van der Waals surface area contributed by atoms with Crippen molar-refractivity contribution in [1.29, 1.82) is 0 Å². The molecule has 6 nitrogen and oxygen atoms in total. The first-order chi connectivity index (χ1) is 8.85. The number of benzene rings is 1. The molecule has 0 heterocycles. The Balaban J connectivity index is 2.63. The smallest absolute Gasteiger partial charge is 0.306 e. The second-order valence-electron chi connectivity index (χ2n) is 4.14. The minimum Gasteiger partial charge on any atom is -0.469 e. The summed E-state index contributed by atoms with van der Waals surface area (Å²) >= 11 is 0. The number of hydrogen-bond acceptors (Lipinski definition) is 5. The fraction of sp³-hybridized carbons (Fsp3) is 0.417. The number of rotatable bonds is 6. The SMILES string of the molecule is COC(=O)CCS(=O)(=O)N(C)Cc1ccc(N)cc1. The molecule has 0 atom stereocenters. The maximum absolute atomic E-state index is 11.9. The van der Waals surface area contributed by atoms with E-state index in [0.717, 1.165) is 5.56 Å². The minimum absolute atomic E-state index is 0.148. The summed E-state index contributed by atoms with van der Waals surface area (Å²) < 4.78 is 29.5. The van der Waals surface area contributed by atoms with E-state index in [-0.39, 0.29) is 18.7 Å². The molecule has 19 heavy (non-hydrogen) atoms. The van der Waals surface area contributed by atoms with Crippen LogP contribution in [0, 0.1) is 0 Å². The highest BCUT2D eigenvalue weighted by atomic mass is 32.2. The number of nitrogens with zero attached hydrogens (tertiary/aromatic N) is 1. The quantitative estimate of drug-likeness (QED) is 0.610. The number of anilines is 1. The van der Waals surface area contributed by atoms with Crippen molar-refractivity contribution in [2.45, 2.75) is 13.0 Å². The third-order valence-electron chi connectivity index (χ3n) is 2.65. The van der Waals surface area contributed by atoms with Gasteiger partial charge in [-0.05, 0) is 17.7 Å². The molecule has 0 aromatic heterocycles. The molecule has 2 N–H and O–H groups in total. The van der Waals surface area contributed by atoms with Crippen LogP contribution in [0.5, 0.6) is 0 Å². The maximum Gasteiger partial charge on any atom is 0.306 e. The Hall–Kier alpha value is -1.60. The van der Waals surface area contributed by atoms with E-state index in [1.807, 2.05) is 0 Å². The monoisotopic (exact) mass is 286 g/mol. The van der Waals surface area contributed by atoms with Gasteiger partial charge in [-0.25, -0.2) is 12.7 Å². The van der Waals surface area contributed by atoms with Crippen LogP contribution in [0.4, 0.5) is 5.69 Å². The van der Waals surface area contributed by atoms with Crippen LogP contribution >= 0.6 is 0 Å². The van der Waals surface area contributed by atoms with Crippen molar-refractivity contribution >= 4 is 21.7 Å². The first-order valence-electron chi connectivity index (χ1n) is 5.70. The fourth-order valence-electron chi connectivity index (χ4n) is 1.45. The molecule has 7 heteroatoms. The van der Waals surface area contributed by atoms with Gasteiger partial charge in [0.05, 0.1) is 19.3 Å². The third-order valence-corrected chi connectivity index (χ3v) is 4.45. The van der Waals surface area contributed by atoms with Gasteiger partial charge in [0, 0.05) is 19.3 Å². The summed E-state index contributed by atoms with van der Waals surface area (Å²) in [6.45, 7) is 0.240. The van der Waals surface area contributed by atoms with Crippen LogP contribution in [-0.4, -0.2) is 38.6 Å². The van der Waals surface area contributed by atoms with Gasteiger partial charge in [-0.1, -0.05) is 12.1 Å². The molecule has 0 unspecified atom stereocenters. The van der Waals surface area contributed by atoms with Gasteiger partial charge in [0.2, 0.25) is 10.0 Å². The van der Waals surface area contributed by atoms with E-state index in [9.17, 15) is 13.2 Å². The topological polar surface area (TPSA) is 89.7 Å². The van der Waals surface area contributed by atoms with E-state index in [0.29, 0.717) is 5.69 Å². The first-order valence-corrected chi connectivity index (χ1v) is 7.31. The second kappa shape index (κ2) is 6.53. The lowest BCUT2D eigenvalue weighted by Crippen LogP contribution is -2.29. The Morgan fingerprint density at radius 2 is 1.89 bits per heavy atom. The Morgan fingerprint density at radius 3 is 2.42 bits per heavy atom. The van der Waals surface area contributed by atoms with Crippen molar-refractivity contribution in [2.75, 3.05) is 25.6 Å². The zero-order valence-electron chi connectivity index (χ0n) is 11.0. The van der Waals surface area contributed by atoms with Crippen LogP contribution < -0.4 is 5.73 Å². The van der Waals surface area contributed by atoms with Crippen LogP contribution in [0.15, 0.2) is 24.3 Å². The first kappa shape index (κ1) is 15.5. The Kier molecular flexibility index (Phi) is 5.31. The summed E-state index contributed by atoms with van der Waals surface area (Å²) in [5, 5.41) is 0. The Labute approximate surface area is 113 Å². The number of esters is 1. The molecular formula is C12H18N2O4S. The van der Waals surface area contributed by atoms with Crippen LogP contribution in [0.25, 0.3) is 0 Å². The van der Waals surface area contributed by atoms with E-state index < -0.39 is 16.0 Å². The van der Waals surface area contributed by atoms with E-state index in [2.05, 4.69) is 4.74 Å². The lowest BCUT2D eigenvalue weighted by atomic mass is 10.2. The molecule has 1 rings (SSSR count). The van der Waals surface area contributed by atoms with Crippen LogP contribution in [0.3, 0.4) is 0 Å². The molecule has 0 bridgehead atoms. The minimum atomic E-state index is -3.47. The zero-order valence-corrected chi connectivity index (χ0v) is 11.8. The van der Waals surface area contributed by atoms with E-state index in [4.69, 9.17) is 5.73 Å². The molecule has 0 fully saturated rings. The molecule has 0 saturated carbocycles. The van der Waals surface area contributed by atoms with E-state index in [1.54, 1.807) is 24.3 Å². The second-order valence-corrected chi connectivity index (χ2v) is 6.34. The van der Waals surface area contributed by atoms with Gasteiger partial charge in [-0.2, -0.15) is 0 Å². The largest absolute Gasteiger partial charge is 0.469 e. The van der Waals surface area contributed by atoms with Crippen molar-refractivity contribution in [3.8, 4) is 0 Å². The van der Waals surface area contributed by atoms with Gasteiger partial charge < -0.3 is 10.5 Å². The van der Waals surface area contributed by atoms with Crippen LogP contribution in [0.2, 0.25) is 0 Å². The highest BCUT2D eigenvalue weighted by Crippen LogP contribution is 2.11. The lowest BCUT2D eigenvalue weighted by Gasteiger charge is -2.17. The molecule has 0 saturated heterocycles. The number of ether oxygens (including phenoxy) is 1. The fourth-order valence-corrected chi connectivity index (χ4v) is 2.53. The highest BCUT2D eigenvalue weighted by Gasteiger charge is 2.19. The molecule has 0 spiro atoms. The summed E-state index contributed by atoms with van der Waals surface area (Å²) in [5.41, 5.74) is 7.01. The van der Waals surface area contributed by atoms with Crippen molar-refractivity contribution < 1.29 is 17.9 Å². The number of carbonyl (C=O) groups excluding carboxylic acids is 1. The van der Waals surface area contributed by atoms with E-state index >= 15 is 0 Å². The number of methoxy groups -OCH3 is 1. The van der Waals surface area contributed by atoms with Gasteiger partial charge >= 0.3 is 5.97 Å². The predicted molar refractivity (Wildman–Crippen MR) is 72.7 cm³/mol. The molecule has 106 valence electrons. The normalized spacial score (nSPS) is 11.5. The number of hydrogen-bond donors (Lipinski definition) is 1.